The average Bonchev–Trinajstić information content (AvgIpc) is 2.64. The molecule has 0 bridgehead atoms. The Morgan fingerprint density at radius 3 is 1.52 bits per heavy atom. The molecule has 0 aliphatic heterocycles. The van der Waals surface area contributed by atoms with Crippen molar-refractivity contribution in [3.63, 3.8) is 0 Å². The van der Waals surface area contributed by atoms with E-state index < -0.39 is 23.9 Å². The molecule has 0 rings (SSSR count). The minimum Gasteiger partial charge on any atom is -0.480 e. The third-order valence-corrected chi connectivity index (χ3v) is 4.87. The molecule has 12 heteroatoms. The largest absolute Gasteiger partial charge is 0.480 e. The molecule has 1 unspecified atom stereocenters. The van der Waals surface area contributed by atoms with Crippen molar-refractivity contribution in [3.8, 4) is 0 Å². The smallest absolute Gasteiger partial charge is 0.317 e. The fourth-order valence-corrected chi connectivity index (χ4v) is 3.67. The maximum Gasteiger partial charge on any atom is 0.317 e. The Hall–Kier alpha value is -2.28. The number of carboxylic acid groups (broad SMARTS) is 4. The molecule has 0 saturated heterocycles. The zero-order valence-corrected chi connectivity index (χ0v) is 19.9. The predicted molar refractivity (Wildman–Crippen MR) is 121 cm³/mol. The van der Waals surface area contributed by atoms with Gasteiger partial charge in [0.2, 0.25) is 0 Å². The summed E-state index contributed by atoms with van der Waals surface area (Å²) in [6.07, 6.45) is 0.953. The van der Waals surface area contributed by atoms with Crippen LogP contribution in [-0.2, 0) is 19.2 Å². The van der Waals surface area contributed by atoms with E-state index in [9.17, 15) is 29.4 Å². The number of carboxylic acids is 4. The SMILES string of the molecule is CC(C)CC(C)CN(CCN(CCN(CCNCC(=O)O)CC(=O)O)CC(=O)O)CC(=O)O. The van der Waals surface area contributed by atoms with E-state index in [0.717, 1.165) is 6.42 Å². The summed E-state index contributed by atoms with van der Waals surface area (Å²) in [7, 11) is 0. The van der Waals surface area contributed by atoms with E-state index in [0.29, 0.717) is 38.0 Å². The lowest BCUT2D eigenvalue weighted by molar-refractivity contribution is -0.140. The summed E-state index contributed by atoms with van der Waals surface area (Å²) in [6.45, 7) is 7.80. The van der Waals surface area contributed by atoms with Crippen LogP contribution in [0.3, 0.4) is 0 Å². The Labute approximate surface area is 195 Å². The maximum atomic E-state index is 11.3. The van der Waals surface area contributed by atoms with Gasteiger partial charge in [0.25, 0.3) is 0 Å². The monoisotopic (exact) mass is 476 g/mol. The quantitative estimate of drug-likeness (QED) is 0.135. The minimum atomic E-state index is -1.04. The third-order valence-electron chi connectivity index (χ3n) is 4.87. The number of aliphatic carboxylic acids is 4. The van der Waals surface area contributed by atoms with Gasteiger partial charge in [0.1, 0.15) is 0 Å². The van der Waals surface area contributed by atoms with Crippen molar-refractivity contribution >= 4 is 23.9 Å². The van der Waals surface area contributed by atoms with E-state index in [1.807, 2.05) is 0 Å². The van der Waals surface area contributed by atoms with Gasteiger partial charge in [-0.05, 0) is 18.3 Å². The van der Waals surface area contributed by atoms with Gasteiger partial charge in [-0.25, -0.2) is 0 Å². The fourth-order valence-electron chi connectivity index (χ4n) is 3.67. The Morgan fingerprint density at radius 1 is 0.667 bits per heavy atom. The molecule has 0 aromatic carbocycles. The highest BCUT2D eigenvalue weighted by Gasteiger charge is 2.18. The van der Waals surface area contributed by atoms with E-state index in [1.54, 1.807) is 14.7 Å². The van der Waals surface area contributed by atoms with Crippen molar-refractivity contribution < 1.29 is 39.6 Å². The number of nitrogens with one attached hydrogen (secondary N) is 1. The summed E-state index contributed by atoms with van der Waals surface area (Å²) in [5.41, 5.74) is 0. The van der Waals surface area contributed by atoms with Gasteiger partial charge in [-0.2, -0.15) is 0 Å². The molecule has 0 aromatic rings. The van der Waals surface area contributed by atoms with Gasteiger partial charge in [-0.1, -0.05) is 20.8 Å². The molecule has 0 heterocycles. The molecule has 1 atom stereocenters. The van der Waals surface area contributed by atoms with Crippen molar-refractivity contribution in [1.29, 1.82) is 0 Å². The first-order valence-electron chi connectivity index (χ1n) is 11.1. The summed E-state index contributed by atoms with van der Waals surface area (Å²) < 4.78 is 0. The van der Waals surface area contributed by atoms with Crippen LogP contribution >= 0.6 is 0 Å². The number of nitrogens with zero attached hydrogens (tertiary/aromatic N) is 3. The zero-order valence-electron chi connectivity index (χ0n) is 19.9. The highest BCUT2D eigenvalue weighted by Crippen LogP contribution is 2.12. The van der Waals surface area contributed by atoms with E-state index >= 15 is 0 Å². The maximum absolute atomic E-state index is 11.3. The molecule has 33 heavy (non-hydrogen) atoms. The van der Waals surface area contributed by atoms with Crippen molar-refractivity contribution in [2.24, 2.45) is 11.8 Å². The molecule has 0 fully saturated rings. The first-order valence-corrected chi connectivity index (χ1v) is 11.1. The lowest BCUT2D eigenvalue weighted by Gasteiger charge is -2.29. The number of carbonyl (C=O) groups is 4. The Bertz CT molecular complexity index is 617. The highest BCUT2D eigenvalue weighted by molar-refractivity contribution is 5.70. The third kappa shape index (κ3) is 18.9. The standard InChI is InChI=1S/C21H40N4O8/c1-16(2)10-17(3)12-25(15-21(32)33)9-8-24(14-20(30)31)7-6-23(13-19(28)29)5-4-22-11-18(26)27/h16-17,22H,4-15H2,1-3H3,(H,26,27)(H,28,29)(H,30,31)(H,32,33). The summed E-state index contributed by atoms with van der Waals surface area (Å²) in [4.78, 5) is 49.4. The summed E-state index contributed by atoms with van der Waals surface area (Å²) in [5.74, 6) is -3.24. The molecule has 0 aliphatic carbocycles. The van der Waals surface area contributed by atoms with Gasteiger partial charge in [-0.15, -0.1) is 0 Å². The van der Waals surface area contributed by atoms with E-state index in [-0.39, 0.29) is 45.8 Å². The van der Waals surface area contributed by atoms with Crippen LogP contribution in [0.15, 0.2) is 0 Å². The molecule has 0 aromatic heterocycles. The second kappa shape index (κ2) is 17.2. The lowest BCUT2D eigenvalue weighted by Crippen LogP contribution is -2.45. The normalized spacial score (nSPS) is 12.6. The Kier molecular flexibility index (Phi) is 16.0. The topological polar surface area (TPSA) is 171 Å². The molecule has 0 aliphatic rings. The molecule has 0 saturated carbocycles. The lowest BCUT2D eigenvalue weighted by atomic mass is 9.98. The molecular weight excluding hydrogens is 436 g/mol. The van der Waals surface area contributed by atoms with Gasteiger partial charge in [0, 0.05) is 45.8 Å². The van der Waals surface area contributed by atoms with E-state index in [4.69, 9.17) is 10.2 Å². The van der Waals surface area contributed by atoms with Gasteiger partial charge < -0.3 is 25.7 Å². The summed E-state index contributed by atoms with van der Waals surface area (Å²) in [5, 5.41) is 39.0. The average molecular weight is 477 g/mol. The molecular formula is C21H40N4O8. The van der Waals surface area contributed by atoms with Crippen molar-refractivity contribution in [1.82, 2.24) is 20.0 Å². The molecule has 0 spiro atoms. The van der Waals surface area contributed by atoms with Crippen LogP contribution in [0.25, 0.3) is 0 Å². The van der Waals surface area contributed by atoms with Crippen molar-refractivity contribution in [2.75, 3.05) is 72.0 Å². The zero-order chi connectivity index (χ0) is 25.4. The highest BCUT2D eigenvalue weighted by atomic mass is 16.4. The van der Waals surface area contributed by atoms with Crippen LogP contribution in [0.1, 0.15) is 27.2 Å². The van der Waals surface area contributed by atoms with Crippen LogP contribution in [0.2, 0.25) is 0 Å². The van der Waals surface area contributed by atoms with Crippen LogP contribution < -0.4 is 5.32 Å². The van der Waals surface area contributed by atoms with Gasteiger partial charge in [0.15, 0.2) is 0 Å². The number of hydrogen-bond donors (Lipinski definition) is 5. The van der Waals surface area contributed by atoms with E-state index in [2.05, 4.69) is 26.1 Å². The minimum absolute atomic E-state index is 0.135. The second-order valence-corrected chi connectivity index (χ2v) is 8.77. The Balaban J connectivity index is 4.93. The van der Waals surface area contributed by atoms with Crippen LogP contribution in [0.4, 0.5) is 0 Å². The van der Waals surface area contributed by atoms with Crippen LogP contribution in [0.5, 0.6) is 0 Å². The van der Waals surface area contributed by atoms with Gasteiger partial charge in [0.05, 0.1) is 26.2 Å². The van der Waals surface area contributed by atoms with Crippen molar-refractivity contribution in [2.45, 2.75) is 27.2 Å². The van der Waals surface area contributed by atoms with Gasteiger partial charge in [-0.3, -0.25) is 33.9 Å². The molecule has 192 valence electrons. The fraction of sp³-hybridized carbons (Fsp3) is 0.810. The predicted octanol–water partition coefficient (Wildman–Crippen LogP) is -0.497. The summed E-state index contributed by atoms with van der Waals surface area (Å²) in [6, 6.07) is 0. The molecule has 5 N–H and O–H groups in total. The molecule has 0 radical (unpaired) electrons. The van der Waals surface area contributed by atoms with Crippen molar-refractivity contribution in [3.05, 3.63) is 0 Å². The number of hydrogen-bond acceptors (Lipinski definition) is 8. The molecule has 0 amide bonds. The first kappa shape index (κ1) is 30.7. The van der Waals surface area contributed by atoms with Crippen LogP contribution in [0, 0.1) is 11.8 Å². The molecule has 12 nitrogen and oxygen atoms in total. The first-order chi connectivity index (χ1) is 15.4. The van der Waals surface area contributed by atoms with E-state index in [1.165, 1.54) is 0 Å². The Morgan fingerprint density at radius 2 is 1.09 bits per heavy atom. The summed E-state index contributed by atoms with van der Waals surface area (Å²) >= 11 is 0. The van der Waals surface area contributed by atoms with Gasteiger partial charge >= 0.3 is 23.9 Å². The number of rotatable bonds is 21. The van der Waals surface area contributed by atoms with Crippen LogP contribution in [-0.4, -0.2) is 131 Å². The second-order valence-electron chi connectivity index (χ2n) is 8.77.